The number of nitrogens with one attached hydrogen (secondary N) is 2. The molecule has 0 spiro atoms. The topological polar surface area (TPSA) is 58.2 Å². The molecule has 1 atom stereocenters. The van der Waals surface area contributed by atoms with Crippen LogP contribution in [0.1, 0.15) is 15.9 Å². The van der Waals surface area contributed by atoms with Gasteiger partial charge in [0.15, 0.2) is 0 Å². The van der Waals surface area contributed by atoms with Gasteiger partial charge in [0.05, 0.1) is 10.7 Å². The van der Waals surface area contributed by atoms with E-state index in [1.165, 1.54) is 0 Å². The zero-order valence-electron chi connectivity index (χ0n) is 14.9. The van der Waals surface area contributed by atoms with Crippen molar-refractivity contribution in [3.63, 3.8) is 0 Å². The van der Waals surface area contributed by atoms with Crippen molar-refractivity contribution in [1.82, 2.24) is 5.32 Å². The van der Waals surface area contributed by atoms with Crippen LogP contribution < -0.4 is 10.6 Å². The molecule has 28 heavy (non-hydrogen) atoms. The number of hydrogen-bond acceptors (Lipinski definition) is 2. The Morgan fingerprint density at radius 3 is 2.14 bits per heavy atom. The van der Waals surface area contributed by atoms with Gasteiger partial charge in [-0.2, -0.15) is 0 Å². The van der Waals surface area contributed by atoms with Gasteiger partial charge < -0.3 is 10.6 Å². The minimum Gasteiger partial charge on any atom is -0.340 e. The summed E-state index contributed by atoms with van der Waals surface area (Å²) in [4.78, 5) is 25.5. The molecule has 3 rings (SSSR count). The lowest BCUT2D eigenvalue weighted by Gasteiger charge is -2.19. The summed E-state index contributed by atoms with van der Waals surface area (Å²) in [7, 11) is 0. The van der Waals surface area contributed by atoms with Crippen molar-refractivity contribution in [3.05, 3.63) is 100 Å². The molecular formula is C22H18Cl2N2O2. The predicted octanol–water partition coefficient (Wildman–Crippen LogP) is 4.97. The van der Waals surface area contributed by atoms with Crippen molar-refractivity contribution in [3.8, 4) is 0 Å². The van der Waals surface area contributed by atoms with Crippen LogP contribution in [0.25, 0.3) is 0 Å². The van der Waals surface area contributed by atoms with Gasteiger partial charge in [-0.1, -0.05) is 65.7 Å². The van der Waals surface area contributed by atoms with Crippen LogP contribution in [-0.4, -0.2) is 17.9 Å². The Labute approximate surface area is 173 Å². The second kappa shape index (κ2) is 9.40. The Hall–Kier alpha value is -2.82. The highest BCUT2D eigenvalue weighted by atomic mass is 35.5. The summed E-state index contributed by atoms with van der Waals surface area (Å²) in [5.41, 5.74) is 1.85. The number of rotatable bonds is 6. The minimum absolute atomic E-state index is 0.344. The van der Waals surface area contributed by atoms with Crippen molar-refractivity contribution < 1.29 is 9.59 Å². The van der Waals surface area contributed by atoms with Crippen molar-refractivity contribution in [2.24, 2.45) is 0 Å². The highest BCUT2D eigenvalue weighted by Crippen LogP contribution is 2.21. The van der Waals surface area contributed by atoms with Crippen LogP contribution in [0.3, 0.4) is 0 Å². The average Bonchev–Trinajstić information content (AvgIpc) is 2.70. The van der Waals surface area contributed by atoms with Crippen LogP contribution in [0.15, 0.2) is 78.9 Å². The normalized spacial score (nSPS) is 11.5. The summed E-state index contributed by atoms with van der Waals surface area (Å²) in [6, 6.07) is 22.2. The quantitative estimate of drug-likeness (QED) is 0.599. The summed E-state index contributed by atoms with van der Waals surface area (Å²) in [5, 5.41) is 6.56. The first kappa shape index (κ1) is 19.9. The molecule has 1 unspecified atom stereocenters. The Morgan fingerprint density at radius 2 is 1.46 bits per heavy atom. The molecule has 0 aliphatic carbocycles. The van der Waals surface area contributed by atoms with Crippen LogP contribution >= 0.6 is 23.2 Å². The fraction of sp³-hybridized carbons (Fsp3) is 0.0909. The molecule has 0 heterocycles. The van der Waals surface area contributed by atoms with Crippen LogP contribution in [0.2, 0.25) is 10.0 Å². The van der Waals surface area contributed by atoms with E-state index in [2.05, 4.69) is 10.6 Å². The van der Waals surface area contributed by atoms with E-state index >= 15 is 0 Å². The van der Waals surface area contributed by atoms with Gasteiger partial charge in [-0.25, -0.2) is 0 Å². The van der Waals surface area contributed by atoms with Crippen molar-refractivity contribution in [2.75, 3.05) is 5.32 Å². The van der Waals surface area contributed by atoms with E-state index in [4.69, 9.17) is 23.2 Å². The summed E-state index contributed by atoms with van der Waals surface area (Å²) >= 11 is 12.0. The second-order valence-electron chi connectivity index (χ2n) is 6.19. The van der Waals surface area contributed by atoms with E-state index in [0.717, 1.165) is 5.56 Å². The highest BCUT2D eigenvalue weighted by molar-refractivity contribution is 6.33. The molecule has 0 radical (unpaired) electrons. The molecule has 0 saturated heterocycles. The molecule has 3 aromatic rings. The summed E-state index contributed by atoms with van der Waals surface area (Å²) in [5.74, 6) is -0.703. The molecular weight excluding hydrogens is 395 g/mol. The van der Waals surface area contributed by atoms with Crippen LogP contribution in [0, 0.1) is 0 Å². The van der Waals surface area contributed by atoms with Gasteiger partial charge in [0.1, 0.15) is 6.04 Å². The summed E-state index contributed by atoms with van der Waals surface area (Å²) < 4.78 is 0. The van der Waals surface area contributed by atoms with E-state index in [1.807, 2.05) is 30.3 Å². The maximum absolute atomic E-state index is 12.9. The van der Waals surface area contributed by atoms with Crippen LogP contribution in [0.5, 0.6) is 0 Å². The molecule has 0 fully saturated rings. The van der Waals surface area contributed by atoms with E-state index < -0.39 is 6.04 Å². The number of hydrogen-bond donors (Lipinski definition) is 2. The first-order valence-electron chi connectivity index (χ1n) is 8.68. The SMILES string of the molecule is O=C(NC(Cc1ccccc1)C(=O)Nc1ccccc1Cl)c1ccc(Cl)cc1. The Morgan fingerprint density at radius 1 is 0.821 bits per heavy atom. The molecule has 6 heteroatoms. The van der Waals surface area contributed by atoms with Gasteiger partial charge in [0.2, 0.25) is 5.91 Å². The number of carbonyl (C=O) groups is 2. The Bertz CT molecular complexity index is 960. The number of para-hydroxylation sites is 1. The third-order valence-corrected chi connectivity index (χ3v) is 4.72. The number of amides is 2. The zero-order chi connectivity index (χ0) is 19.9. The third kappa shape index (κ3) is 5.35. The molecule has 0 aliphatic rings. The predicted molar refractivity (Wildman–Crippen MR) is 113 cm³/mol. The molecule has 0 aliphatic heterocycles. The number of carbonyl (C=O) groups excluding carboxylic acids is 2. The third-order valence-electron chi connectivity index (χ3n) is 4.14. The van der Waals surface area contributed by atoms with Crippen LogP contribution in [-0.2, 0) is 11.2 Å². The lowest BCUT2D eigenvalue weighted by molar-refractivity contribution is -0.118. The van der Waals surface area contributed by atoms with Gasteiger partial charge >= 0.3 is 0 Å². The first-order chi connectivity index (χ1) is 13.5. The second-order valence-corrected chi connectivity index (χ2v) is 7.04. The molecule has 0 saturated carbocycles. The molecule has 3 aromatic carbocycles. The zero-order valence-corrected chi connectivity index (χ0v) is 16.4. The highest BCUT2D eigenvalue weighted by Gasteiger charge is 2.22. The molecule has 4 nitrogen and oxygen atoms in total. The van der Waals surface area contributed by atoms with E-state index in [9.17, 15) is 9.59 Å². The van der Waals surface area contributed by atoms with Crippen molar-refractivity contribution >= 4 is 40.7 Å². The largest absolute Gasteiger partial charge is 0.340 e. The number of benzene rings is 3. The standard InChI is InChI=1S/C22H18Cl2N2O2/c23-17-12-10-16(11-13-17)21(27)26-20(14-15-6-2-1-3-7-15)22(28)25-19-9-5-4-8-18(19)24/h1-13,20H,14H2,(H,25,28)(H,26,27). The van der Waals surface area contributed by atoms with Crippen molar-refractivity contribution in [2.45, 2.75) is 12.5 Å². The lowest BCUT2D eigenvalue weighted by atomic mass is 10.0. The maximum atomic E-state index is 12.9. The van der Waals surface area contributed by atoms with Gasteiger partial charge in [-0.3, -0.25) is 9.59 Å². The molecule has 142 valence electrons. The van der Waals surface area contributed by atoms with E-state index in [1.54, 1.807) is 48.5 Å². The van der Waals surface area contributed by atoms with E-state index in [0.29, 0.717) is 27.7 Å². The smallest absolute Gasteiger partial charge is 0.251 e. The van der Waals surface area contributed by atoms with Crippen molar-refractivity contribution in [1.29, 1.82) is 0 Å². The first-order valence-corrected chi connectivity index (χ1v) is 9.44. The van der Waals surface area contributed by atoms with Crippen LogP contribution in [0.4, 0.5) is 5.69 Å². The molecule has 0 aromatic heterocycles. The summed E-state index contributed by atoms with van der Waals surface area (Å²) in [6.07, 6.45) is 0.344. The van der Waals surface area contributed by atoms with Gasteiger partial charge in [-0.05, 0) is 42.0 Å². The number of halogens is 2. The number of anilines is 1. The molecule has 2 N–H and O–H groups in total. The maximum Gasteiger partial charge on any atom is 0.251 e. The van der Waals surface area contributed by atoms with E-state index in [-0.39, 0.29) is 11.8 Å². The van der Waals surface area contributed by atoms with Gasteiger partial charge in [0, 0.05) is 17.0 Å². The van der Waals surface area contributed by atoms with Gasteiger partial charge in [-0.15, -0.1) is 0 Å². The lowest BCUT2D eigenvalue weighted by Crippen LogP contribution is -2.45. The average molecular weight is 413 g/mol. The fourth-order valence-corrected chi connectivity index (χ4v) is 2.99. The molecule has 0 bridgehead atoms. The Kier molecular flexibility index (Phi) is 6.69. The van der Waals surface area contributed by atoms with Gasteiger partial charge in [0.25, 0.3) is 5.91 Å². The molecule has 2 amide bonds. The Balaban J connectivity index is 1.79. The monoisotopic (exact) mass is 412 g/mol. The summed E-state index contributed by atoms with van der Waals surface area (Å²) in [6.45, 7) is 0. The fourth-order valence-electron chi connectivity index (χ4n) is 2.68. The minimum atomic E-state index is -0.776.